The van der Waals surface area contributed by atoms with E-state index in [0.29, 0.717) is 36.8 Å². The molecular weight excluding hydrogens is 903 g/mol. The fourth-order valence-electron chi connectivity index (χ4n) is 11.1. The Kier molecular flexibility index (Phi) is 20.0. The summed E-state index contributed by atoms with van der Waals surface area (Å²) in [6.45, 7) is 14.3. The van der Waals surface area contributed by atoms with Crippen LogP contribution in [0.3, 0.4) is 0 Å². The van der Waals surface area contributed by atoms with Crippen molar-refractivity contribution in [1.29, 1.82) is 0 Å². The number of rotatable bonds is 30. The average molecular weight is 980 g/mol. The van der Waals surface area contributed by atoms with E-state index in [2.05, 4.69) is 75.3 Å². The van der Waals surface area contributed by atoms with Crippen molar-refractivity contribution < 1.29 is 33.8 Å². The lowest BCUT2D eigenvalue weighted by atomic mass is 9.70. The van der Waals surface area contributed by atoms with Gasteiger partial charge in [-0.15, -0.1) is 0 Å². The molecule has 0 bridgehead atoms. The van der Waals surface area contributed by atoms with Gasteiger partial charge in [-0.3, -0.25) is 19.7 Å². The maximum atomic E-state index is 14.4. The van der Waals surface area contributed by atoms with Crippen molar-refractivity contribution in [2.45, 2.75) is 201 Å². The van der Waals surface area contributed by atoms with Crippen LogP contribution in [0.1, 0.15) is 231 Å². The third-order valence-electron chi connectivity index (χ3n) is 15.1. The monoisotopic (exact) mass is 980 g/mol. The van der Waals surface area contributed by atoms with E-state index >= 15 is 0 Å². The van der Waals surface area contributed by atoms with Gasteiger partial charge in [-0.05, 0) is 121 Å². The number of ketones is 2. The van der Waals surface area contributed by atoms with Crippen molar-refractivity contribution in [3.63, 3.8) is 0 Å². The molecule has 4 aromatic carbocycles. The van der Waals surface area contributed by atoms with E-state index in [-0.39, 0.29) is 51.9 Å². The summed E-state index contributed by atoms with van der Waals surface area (Å²) in [5.74, 6) is -1.55. The molecule has 0 heterocycles. The number of nitrogens with zero attached hydrogens (tertiary/aromatic N) is 3. The van der Waals surface area contributed by atoms with Gasteiger partial charge in [0.2, 0.25) is 11.6 Å². The van der Waals surface area contributed by atoms with Crippen LogP contribution in [0, 0.1) is 17.0 Å². The van der Waals surface area contributed by atoms with Gasteiger partial charge in [-0.2, -0.15) is 0 Å². The summed E-state index contributed by atoms with van der Waals surface area (Å²) in [6.07, 6.45) is 17.3. The van der Waals surface area contributed by atoms with Gasteiger partial charge in [0.1, 0.15) is 11.4 Å². The highest BCUT2D eigenvalue weighted by Crippen LogP contribution is 2.56. The Balaban J connectivity index is 1.13. The number of carbonyl (C=O) groups is 4. The molecule has 0 fully saturated rings. The fraction of sp³-hybridized carbons (Fsp3) is 0.508. The zero-order valence-corrected chi connectivity index (χ0v) is 44.1. The van der Waals surface area contributed by atoms with Gasteiger partial charge in [0.25, 0.3) is 5.69 Å². The van der Waals surface area contributed by atoms with Crippen LogP contribution in [0.5, 0.6) is 0 Å². The SMILES string of the molecule is CCCCC1(CCCC)c2cc(C)ccc2-c2ccc(C(=O)/C(CCCCCCCCC(=NOC(=O)CC)C(=O)c3ccc4c(c3)C(CCCC)(CCCC)c3cc([N+](=O)[O-])ccc3-4)=N/OC(=O)CC)cc21. The van der Waals surface area contributed by atoms with Crippen LogP contribution in [0.15, 0.2) is 83.1 Å². The third kappa shape index (κ3) is 12.4. The summed E-state index contributed by atoms with van der Waals surface area (Å²) >= 11 is 0. The van der Waals surface area contributed by atoms with E-state index in [1.165, 1.54) is 27.8 Å². The van der Waals surface area contributed by atoms with E-state index in [0.717, 1.165) is 125 Å². The summed E-state index contributed by atoms with van der Waals surface area (Å²) in [6, 6.07) is 23.7. The van der Waals surface area contributed by atoms with Gasteiger partial charge in [-0.1, -0.05) is 177 Å². The van der Waals surface area contributed by atoms with Crippen LogP contribution in [-0.4, -0.2) is 39.9 Å². The van der Waals surface area contributed by atoms with E-state index < -0.39 is 17.4 Å². The number of nitro groups is 1. The Hall–Kier alpha value is -6.10. The highest BCUT2D eigenvalue weighted by atomic mass is 16.7. The molecule has 2 aliphatic carbocycles. The first kappa shape index (κ1) is 55.2. The Labute approximate surface area is 427 Å². The number of carbonyl (C=O) groups excluding carboxylic acids is 4. The van der Waals surface area contributed by atoms with Crippen LogP contribution in [0.4, 0.5) is 5.69 Å². The maximum absolute atomic E-state index is 14.4. The molecule has 11 heteroatoms. The second-order valence-corrected chi connectivity index (χ2v) is 20.1. The molecule has 0 spiro atoms. The lowest BCUT2D eigenvalue weighted by molar-refractivity contribution is -0.384. The molecule has 0 N–H and O–H groups in total. The van der Waals surface area contributed by atoms with Crippen molar-refractivity contribution in [3.8, 4) is 22.3 Å². The maximum Gasteiger partial charge on any atom is 0.334 e. The predicted octanol–water partition coefficient (Wildman–Crippen LogP) is 16.0. The van der Waals surface area contributed by atoms with Crippen molar-refractivity contribution in [2.24, 2.45) is 10.3 Å². The van der Waals surface area contributed by atoms with Gasteiger partial charge < -0.3 is 9.68 Å². The summed E-state index contributed by atoms with van der Waals surface area (Å²) in [4.78, 5) is 75.5. The van der Waals surface area contributed by atoms with Crippen LogP contribution in [0.25, 0.3) is 22.3 Å². The molecule has 0 aliphatic heterocycles. The molecule has 384 valence electrons. The Morgan fingerprint density at radius 2 is 0.847 bits per heavy atom. The average Bonchev–Trinajstić information content (AvgIpc) is 3.82. The number of benzene rings is 4. The van der Waals surface area contributed by atoms with Gasteiger partial charge in [0.15, 0.2) is 0 Å². The minimum absolute atomic E-state index is 0.0599. The lowest BCUT2D eigenvalue weighted by Gasteiger charge is -2.33. The van der Waals surface area contributed by atoms with Crippen molar-refractivity contribution >= 4 is 40.6 Å². The van der Waals surface area contributed by atoms with Gasteiger partial charge in [0, 0.05) is 46.9 Å². The molecule has 11 nitrogen and oxygen atoms in total. The van der Waals surface area contributed by atoms with Gasteiger partial charge >= 0.3 is 11.9 Å². The number of hydrogen-bond donors (Lipinski definition) is 0. The highest BCUT2D eigenvalue weighted by Gasteiger charge is 2.45. The first-order chi connectivity index (χ1) is 34.8. The topological polar surface area (TPSA) is 155 Å². The van der Waals surface area contributed by atoms with E-state index in [1.807, 2.05) is 24.3 Å². The number of hydrogen-bond acceptors (Lipinski definition) is 10. The Morgan fingerprint density at radius 1 is 0.486 bits per heavy atom. The smallest absolute Gasteiger partial charge is 0.318 e. The van der Waals surface area contributed by atoms with Crippen molar-refractivity contribution in [2.75, 3.05) is 0 Å². The number of Topliss-reactive ketones (excluding diaryl/α,β-unsaturated/α-hetero) is 2. The second kappa shape index (κ2) is 26.0. The third-order valence-corrected chi connectivity index (χ3v) is 15.1. The molecule has 0 atom stereocenters. The zero-order valence-electron chi connectivity index (χ0n) is 44.1. The molecule has 0 saturated heterocycles. The number of non-ortho nitro benzene ring substituents is 1. The summed E-state index contributed by atoms with van der Waals surface area (Å²) in [5.41, 5.74) is 11.0. The largest absolute Gasteiger partial charge is 0.334 e. The van der Waals surface area contributed by atoms with Crippen LogP contribution in [-0.2, 0) is 30.1 Å². The number of fused-ring (bicyclic) bond motifs is 6. The lowest BCUT2D eigenvalue weighted by Crippen LogP contribution is -2.26. The summed E-state index contributed by atoms with van der Waals surface area (Å²) in [5, 5.41) is 20.3. The minimum Gasteiger partial charge on any atom is -0.318 e. The molecule has 4 aromatic rings. The molecule has 0 unspecified atom stereocenters. The van der Waals surface area contributed by atoms with E-state index in [1.54, 1.807) is 32.0 Å². The normalized spacial score (nSPS) is 14.0. The standard InChI is InChI=1S/C61H77N3O8/c1-8-14-34-60(35-15-9-2)50-38-42(7)26-30-46(50)47-31-27-43(39-51(47)60)58(67)54(62-71-56(65)12-5)24-22-20-18-19-21-23-25-55(63-72-57(66)13-6)59(68)44-28-32-48-49-33-29-45(64(69)70)41-53(49)61(36-16-10-3,37-17-11-4)52(48)40-44/h26-33,38-41H,8-25,34-37H2,1-7H3/b62-54+,63-55?. The first-order valence-electron chi connectivity index (χ1n) is 27.1. The van der Waals surface area contributed by atoms with Gasteiger partial charge in [-0.25, -0.2) is 9.59 Å². The number of nitro benzene ring substituents is 1. The quantitative estimate of drug-likeness (QED) is 0.0125. The molecule has 0 radical (unpaired) electrons. The zero-order chi connectivity index (χ0) is 51.8. The molecular formula is C61H77N3O8. The number of unbranched alkanes of at least 4 members (excludes halogenated alkanes) is 9. The molecule has 2 aliphatic rings. The highest BCUT2D eigenvalue weighted by molar-refractivity contribution is 6.46. The molecule has 6 rings (SSSR count). The Morgan fingerprint density at radius 3 is 1.24 bits per heavy atom. The molecule has 0 aromatic heterocycles. The molecule has 0 amide bonds. The van der Waals surface area contributed by atoms with Crippen LogP contribution >= 0.6 is 0 Å². The van der Waals surface area contributed by atoms with Crippen LogP contribution < -0.4 is 0 Å². The Bertz CT molecular complexity index is 2650. The predicted molar refractivity (Wildman–Crippen MR) is 288 cm³/mol. The summed E-state index contributed by atoms with van der Waals surface area (Å²) < 4.78 is 0. The molecule has 0 saturated carbocycles. The van der Waals surface area contributed by atoms with E-state index in [9.17, 15) is 29.3 Å². The van der Waals surface area contributed by atoms with Crippen LogP contribution in [0.2, 0.25) is 0 Å². The van der Waals surface area contributed by atoms with Crippen molar-refractivity contribution in [1.82, 2.24) is 0 Å². The second-order valence-electron chi connectivity index (χ2n) is 20.1. The number of oxime groups is 2. The molecule has 72 heavy (non-hydrogen) atoms. The first-order valence-corrected chi connectivity index (χ1v) is 27.1. The fourth-order valence-corrected chi connectivity index (χ4v) is 11.1. The van der Waals surface area contributed by atoms with Gasteiger partial charge in [0.05, 0.1) is 4.92 Å². The van der Waals surface area contributed by atoms with E-state index in [4.69, 9.17) is 9.68 Å². The minimum atomic E-state index is -0.529. The summed E-state index contributed by atoms with van der Waals surface area (Å²) in [7, 11) is 0. The van der Waals surface area contributed by atoms with Crippen molar-refractivity contribution in [3.05, 3.63) is 122 Å². The number of aryl methyl sites for hydroxylation is 1.